The van der Waals surface area contributed by atoms with Crippen LogP contribution in [-0.4, -0.2) is 23.4 Å². The first-order valence-corrected chi connectivity index (χ1v) is 11.6. The number of aliphatic hydroxyl groups is 1. The van der Waals surface area contributed by atoms with Crippen molar-refractivity contribution in [3.63, 3.8) is 0 Å². The molecule has 1 atom stereocenters. The van der Waals surface area contributed by atoms with E-state index in [0.717, 1.165) is 28.2 Å². The van der Waals surface area contributed by atoms with Gasteiger partial charge in [0.15, 0.2) is 0 Å². The number of ketones is 1. The highest BCUT2D eigenvalue weighted by atomic mass is 19.1. The van der Waals surface area contributed by atoms with E-state index in [2.05, 4.69) is 0 Å². The lowest BCUT2D eigenvalue weighted by Gasteiger charge is -2.26. The van der Waals surface area contributed by atoms with E-state index in [9.17, 15) is 23.5 Å². The summed E-state index contributed by atoms with van der Waals surface area (Å²) in [4.78, 5) is 27.4. The first kappa shape index (κ1) is 25.1. The molecule has 1 aliphatic heterocycles. The van der Waals surface area contributed by atoms with Gasteiger partial charge in [-0.2, -0.15) is 0 Å². The monoisotopic (exact) mass is 491 g/mol. The van der Waals surface area contributed by atoms with Crippen molar-refractivity contribution >= 4 is 23.1 Å². The highest BCUT2D eigenvalue weighted by Gasteiger charge is 2.47. The second-order valence-corrected chi connectivity index (χ2v) is 9.36. The number of carbonyl (C=O) groups is 2. The summed E-state index contributed by atoms with van der Waals surface area (Å²) in [6, 6.07) is 13.7. The number of amides is 1. The molecule has 1 saturated heterocycles. The molecule has 3 aromatic carbocycles. The van der Waals surface area contributed by atoms with Gasteiger partial charge in [-0.05, 0) is 61.2 Å². The Morgan fingerprint density at radius 1 is 1.03 bits per heavy atom. The number of Topliss-reactive ketones (excluding diaryl/α,β-unsaturated/α-hetero) is 1. The topological polar surface area (TPSA) is 66.8 Å². The molecule has 36 heavy (non-hydrogen) atoms. The van der Waals surface area contributed by atoms with E-state index in [1.807, 2.05) is 33.8 Å². The van der Waals surface area contributed by atoms with Crippen LogP contribution >= 0.6 is 0 Å². The largest absolute Gasteiger partial charge is 0.507 e. The maximum Gasteiger partial charge on any atom is 0.300 e. The number of ether oxygens (including phenoxy) is 1. The zero-order valence-electron chi connectivity index (χ0n) is 20.5. The van der Waals surface area contributed by atoms with Gasteiger partial charge in [0.05, 0.1) is 23.9 Å². The van der Waals surface area contributed by atoms with Gasteiger partial charge in [-0.25, -0.2) is 8.78 Å². The van der Waals surface area contributed by atoms with Gasteiger partial charge in [0.25, 0.3) is 11.7 Å². The molecule has 5 nitrogen and oxygen atoms in total. The normalized spacial score (nSPS) is 17.2. The maximum absolute atomic E-state index is 14.8. The summed E-state index contributed by atoms with van der Waals surface area (Å²) in [7, 11) is 0. The Bertz CT molecular complexity index is 1380. The molecule has 186 valence electrons. The molecule has 1 aliphatic rings. The van der Waals surface area contributed by atoms with Crippen LogP contribution in [0.2, 0.25) is 0 Å². The van der Waals surface area contributed by atoms with Crippen LogP contribution in [0.1, 0.15) is 42.1 Å². The summed E-state index contributed by atoms with van der Waals surface area (Å²) in [6.45, 7) is 8.24. The maximum atomic E-state index is 14.8. The molecule has 0 radical (unpaired) electrons. The summed E-state index contributed by atoms with van der Waals surface area (Å²) in [5.74, 6) is -3.18. The van der Waals surface area contributed by atoms with Crippen LogP contribution in [0.25, 0.3) is 5.76 Å². The van der Waals surface area contributed by atoms with Crippen molar-refractivity contribution in [1.82, 2.24) is 0 Å². The zero-order chi connectivity index (χ0) is 26.1. The van der Waals surface area contributed by atoms with Gasteiger partial charge < -0.3 is 9.84 Å². The predicted octanol–water partition coefficient (Wildman–Crippen LogP) is 6.24. The Morgan fingerprint density at radius 3 is 2.42 bits per heavy atom. The highest BCUT2D eigenvalue weighted by molar-refractivity contribution is 6.51. The lowest BCUT2D eigenvalue weighted by atomic mass is 9.93. The van der Waals surface area contributed by atoms with Gasteiger partial charge in [0.2, 0.25) is 0 Å². The van der Waals surface area contributed by atoms with Crippen LogP contribution in [0.4, 0.5) is 14.5 Å². The molecule has 7 heteroatoms. The number of hydrogen-bond donors (Lipinski definition) is 1. The molecule has 0 saturated carbocycles. The Balaban J connectivity index is 1.88. The SMILES string of the molecule is Cc1cccc(C2/C(=C(\O)c3ccc(OCC(C)C)c(C)c3)C(=O)C(=O)N2c2ccc(F)cc2F)c1. The zero-order valence-corrected chi connectivity index (χ0v) is 20.5. The van der Waals surface area contributed by atoms with Crippen molar-refractivity contribution in [3.05, 3.63) is 100 Å². The van der Waals surface area contributed by atoms with Crippen LogP contribution in [0.15, 0.2) is 66.2 Å². The first-order chi connectivity index (χ1) is 17.1. The molecule has 4 rings (SSSR count). The molecule has 0 spiro atoms. The van der Waals surface area contributed by atoms with E-state index in [1.54, 1.807) is 36.4 Å². The third kappa shape index (κ3) is 4.73. The van der Waals surface area contributed by atoms with E-state index in [1.165, 1.54) is 0 Å². The third-order valence-corrected chi connectivity index (χ3v) is 5.99. The fourth-order valence-electron chi connectivity index (χ4n) is 4.28. The van der Waals surface area contributed by atoms with E-state index in [4.69, 9.17) is 4.74 Å². The van der Waals surface area contributed by atoms with Gasteiger partial charge in [-0.1, -0.05) is 43.7 Å². The van der Waals surface area contributed by atoms with Crippen LogP contribution in [-0.2, 0) is 9.59 Å². The van der Waals surface area contributed by atoms with Crippen LogP contribution in [0.3, 0.4) is 0 Å². The summed E-state index contributed by atoms with van der Waals surface area (Å²) >= 11 is 0. The summed E-state index contributed by atoms with van der Waals surface area (Å²) in [5.41, 5.74) is 1.99. The highest BCUT2D eigenvalue weighted by Crippen LogP contribution is 2.43. The summed E-state index contributed by atoms with van der Waals surface area (Å²) < 4.78 is 34.2. The van der Waals surface area contributed by atoms with E-state index in [0.29, 0.717) is 35.5 Å². The Labute approximate surface area is 208 Å². The molecule has 1 unspecified atom stereocenters. The minimum atomic E-state index is -1.11. The minimum absolute atomic E-state index is 0.176. The number of aryl methyl sites for hydroxylation is 2. The molecule has 1 amide bonds. The second kappa shape index (κ2) is 9.93. The predicted molar refractivity (Wildman–Crippen MR) is 134 cm³/mol. The van der Waals surface area contributed by atoms with Crippen molar-refractivity contribution in [2.75, 3.05) is 11.5 Å². The molecular weight excluding hydrogens is 464 g/mol. The molecule has 0 aliphatic carbocycles. The van der Waals surface area contributed by atoms with Gasteiger partial charge in [-0.15, -0.1) is 0 Å². The number of anilines is 1. The van der Waals surface area contributed by atoms with Gasteiger partial charge in [0, 0.05) is 11.6 Å². The molecule has 0 aromatic heterocycles. The van der Waals surface area contributed by atoms with Crippen molar-refractivity contribution in [1.29, 1.82) is 0 Å². The fraction of sp³-hybridized carbons (Fsp3) is 0.241. The second-order valence-electron chi connectivity index (χ2n) is 9.36. The lowest BCUT2D eigenvalue weighted by molar-refractivity contribution is -0.132. The smallest absolute Gasteiger partial charge is 0.300 e. The third-order valence-electron chi connectivity index (χ3n) is 5.99. The van der Waals surface area contributed by atoms with Crippen LogP contribution in [0.5, 0.6) is 5.75 Å². The van der Waals surface area contributed by atoms with Gasteiger partial charge in [-0.3, -0.25) is 14.5 Å². The minimum Gasteiger partial charge on any atom is -0.507 e. The molecule has 0 bridgehead atoms. The average molecular weight is 492 g/mol. The first-order valence-electron chi connectivity index (χ1n) is 11.6. The number of hydrogen-bond acceptors (Lipinski definition) is 4. The molecule has 1 heterocycles. The molecule has 1 N–H and O–H groups in total. The Kier molecular flexibility index (Phi) is 6.93. The number of nitrogens with zero attached hydrogens (tertiary/aromatic N) is 1. The quantitative estimate of drug-likeness (QED) is 0.252. The van der Waals surface area contributed by atoms with E-state index in [-0.39, 0.29) is 17.0 Å². The fourth-order valence-corrected chi connectivity index (χ4v) is 4.28. The van der Waals surface area contributed by atoms with Crippen LogP contribution < -0.4 is 9.64 Å². The molecule has 1 fully saturated rings. The van der Waals surface area contributed by atoms with Crippen molar-refractivity contribution < 1.29 is 28.2 Å². The molecule has 3 aromatic rings. The number of carbonyl (C=O) groups excluding carboxylic acids is 2. The van der Waals surface area contributed by atoms with E-state index < -0.39 is 29.4 Å². The Hall–Kier alpha value is -4.00. The number of aliphatic hydroxyl groups excluding tert-OH is 1. The van der Waals surface area contributed by atoms with Crippen molar-refractivity contribution in [3.8, 4) is 5.75 Å². The summed E-state index contributed by atoms with van der Waals surface area (Å²) in [5, 5.41) is 11.3. The summed E-state index contributed by atoms with van der Waals surface area (Å²) in [6.07, 6.45) is 0. The van der Waals surface area contributed by atoms with Gasteiger partial charge >= 0.3 is 0 Å². The lowest BCUT2D eigenvalue weighted by Crippen LogP contribution is -2.30. The average Bonchev–Trinajstić information content (AvgIpc) is 3.08. The van der Waals surface area contributed by atoms with E-state index >= 15 is 0 Å². The number of benzene rings is 3. The standard InChI is InChI=1S/C29H27F2NO4/c1-16(2)15-36-24-11-8-20(13-18(24)4)27(33)25-26(19-7-5-6-17(3)12-19)32(29(35)28(25)34)23-10-9-21(30)14-22(23)31/h5-14,16,26,33H,15H2,1-4H3/b27-25+. The molecular formula is C29H27F2NO4. The number of rotatable bonds is 6. The Morgan fingerprint density at radius 2 is 1.78 bits per heavy atom. The number of halogens is 2. The van der Waals surface area contributed by atoms with Crippen molar-refractivity contribution in [2.24, 2.45) is 5.92 Å². The van der Waals surface area contributed by atoms with Gasteiger partial charge in [0.1, 0.15) is 23.1 Å². The van der Waals surface area contributed by atoms with Crippen molar-refractivity contribution in [2.45, 2.75) is 33.7 Å². The van der Waals surface area contributed by atoms with Crippen LogP contribution in [0, 0.1) is 31.4 Å².